The highest BCUT2D eigenvalue weighted by Crippen LogP contribution is 2.29. The molecule has 0 amide bonds. The third-order valence-corrected chi connectivity index (χ3v) is 2.51. The molecule has 112 valence electrons. The van der Waals surface area contributed by atoms with Crippen LogP contribution in [0.15, 0.2) is 24.7 Å². The number of hydrogen-bond acceptors (Lipinski definition) is 5. The smallest absolute Gasteiger partial charge is 0.419 e. The molecule has 2 N–H and O–H groups in total. The van der Waals surface area contributed by atoms with Crippen molar-refractivity contribution in [2.24, 2.45) is 0 Å². The van der Waals surface area contributed by atoms with Gasteiger partial charge in [0, 0.05) is 6.20 Å². The quantitative estimate of drug-likeness (QED) is 0.877. The first-order valence-electron chi connectivity index (χ1n) is 5.87. The maximum Gasteiger partial charge on any atom is 0.419 e. The summed E-state index contributed by atoms with van der Waals surface area (Å²) in [4.78, 5) is 15.7. The normalized spacial score (nSPS) is 11.4. The van der Waals surface area contributed by atoms with Crippen molar-refractivity contribution in [3.8, 4) is 5.82 Å². The molecule has 0 saturated carbocycles. The largest absolute Gasteiger partial charge is 0.462 e. The van der Waals surface area contributed by atoms with Gasteiger partial charge in [0.1, 0.15) is 5.56 Å². The molecule has 21 heavy (non-hydrogen) atoms. The van der Waals surface area contributed by atoms with Crippen LogP contribution in [-0.4, -0.2) is 27.3 Å². The van der Waals surface area contributed by atoms with Gasteiger partial charge in [-0.05, 0) is 13.0 Å². The second-order valence-corrected chi connectivity index (χ2v) is 4.03. The third-order valence-electron chi connectivity index (χ3n) is 2.51. The predicted molar refractivity (Wildman–Crippen MR) is 66.7 cm³/mol. The summed E-state index contributed by atoms with van der Waals surface area (Å²) >= 11 is 0. The Morgan fingerprint density at radius 1 is 1.43 bits per heavy atom. The fourth-order valence-corrected chi connectivity index (χ4v) is 1.60. The van der Waals surface area contributed by atoms with E-state index in [1.807, 2.05) is 0 Å². The minimum atomic E-state index is -4.53. The van der Waals surface area contributed by atoms with Gasteiger partial charge in [-0.15, -0.1) is 0 Å². The Balaban J connectivity index is 2.48. The van der Waals surface area contributed by atoms with Crippen molar-refractivity contribution in [1.82, 2.24) is 14.8 Å². The zero-order chi connectivity index (χ0) is 15.6. The summed E-state index contributed by atoms with van der Waals surface area (Å²) in [5.41, 5.74) is 4.71. The van der Waals surface area contributed by atoms with Gasteiger partial charge in [0.15, 0.2) is 5.82 Å². The summed E-state index contributed by atoms with van der Waals surface area (Å²) in [6, 6.07) is 1.27. The number of hydrogen-bond donors (Lipinski definition) is 1. The molecule has 0 saturated heterocycles. The first-order chi connectivity index (χ1) is 9.82. The summed E-state index contributed by atoms with van der Waals surface area (Å²) in [6.45, 7) is 1.72. The van der Waals surface area contributed by atoms with E-state index >= 15 is 0 Å². The average molecular weight is 300 g/mol. The third kappa shape index (κ3) is 3.12. The lowest BCUT2D eigenvalue weighted by atomic mass is 10.2. The van der Waals surface area contributed by atoms with E-state index in [0.717, 1.165) is 10.9 Å². The van der Waals surface area contributed by atoms with Gasteiger partial charge in [-0.2, -0.15) is 18.3 Å². The maximum absolute atomic E-state index is 12.6. The highest BCUT2D eigenvalue weighted by molar-refractivity contribution is 5.93. The number of nitrogen functional groups attached to an aromatic ring is 1. The molecule has 0 aliphatic rings. The number of pyridine rings is 1. The van der Waals surface area contributed by atoms with Crippen LogP contribution in [0.3, 0.4) is 0 Å². The van der Waals surface area contributed by atoms with Gasteiger partial charge in [0.2, 0.25) is 0 Å². The van der Waals surface area contributed by atoms with Crippen molar-refractivity contribution >= 4 is 11.7 Å². The molecule has 0 atom stereocenters. The molecule has 0 aliphatic heterocycles. The molecule has 0 spiro atoms. The molecule has 2 heterocycles. The summed E-state index contributed by atoms with van der Waals surface area (Å²) < 4.78 is 43.4. The first-order valence-corrected chi connectivity index (χ1v) is 5.87. The molecule has 0 bridgehead atoms. The van der Waals surface area contributed by atoms with Gasteiger partial charge >= 0.3 is 12.1 Å². The Bertz CT molecular complexity index is 667. The Morgan fingerprint density at radius 3 is 2.71 bits per heavy atom. The minimum Gasteiger partial charge on any atom is -0.462 e. The number of nitrogens with two attached hydrogens (primary N) is 1. The van der Waals surface area contributed by atoms with Crippen molar-refractivity contribution < 1.29 is 22.7 Å². The van der Waals surface area contributed by atoms with E-state index in [1.165, 1.54) is 12.3 Å². The molecule has 2 aromatic rings. The molecular formula is C12H11F3N4O2. The molecule has 0 radical (unpaired) electrons. The highest BCUT2D eigenvalue weighted by atomic mass is 19.4. The summed E-state index contributed by atoms with van der Waals surface area (Å²) in [6.07, 6.45) is -1.93. The van der Waals surface area contributed by atoms with Crippen molar-refractivity contribution in [1.29, 1.82) is 0 Å². The van der Waals surface area contributed by atoms with Crippen molar-refractivity contribution in [2.45, 2.75) is 13.1 Å². The molecule has 9 heteroatoms. The fraction of sp³-hybridized carbons (Fsp3) is 0.250. The van der Waals surface area contributed by atoms with E-state index in [-0.39, 0.29) is 23.7 Å². The van der Waals surface area contributed by atoms with Crippen LogP contribution in [0.4, 0.5) is 18.9 Å². The number of alkyl halides is 3. The Kier molecular flexibility index (Phi) is 3.83. The lowest BCUT2D eigenvalue weighted by molar-refractivity contribution is -0.137. The van der Waals surface area contributed by atoms with Crippen LogP contribution in [0.5, 0.6) is 0 Å². The number of aromatic nitrogens is 3. The summed E-state index contributed by atoms with van der Waals surface area (Å²) in [5.74, 6) is -0.825. The lowest BCUT2D eigenvalue weighted by Gasteiger charge is -2.08. The van der Waals surface area contributed by atoms with Crippen molar-refractivity contribution in [3.63, 3.8) is 0 Å². The molecule has 0 aliphatic carbocycles. The molecule has 0 unspecified atom stereocenters. The zero-order valence-corrected chi connectivity index (χ0v) is 10.9. The van der Waals surface area contributed by atoms with E-state index in [2.05, 4.69) is 10.1 Å². The van der Waals surface area contributed by atoms with E-state index in [9.17, 15) is 18.0 Å². The van der Waals surface area contributed by atoms with Crippen LogP contribution in [0, 0.1) is 0 Å². The number of carbonyl (C=O) groups excluding carboxylic acids is 1. The summed E-state index contributed by atoms with van der Waals surface area (Å²) in [7, 11) is 0. The van der Waals surface area contributed by atoms with Crippen molar-refractivity contribution in [2.75, 3.05) is 12.3 Å². The molecule has 6 nitrogen and oxygen atoms in total. The topological polar surface area (TPSA) is 83.0 Å². The van der Waals surface area contributed by atoms with Gasteiger partial charge in [-0.25, -0.2) is 14.5 Å². The number of ether oxygens (including phenoxy) is 1. The Hall–Kier alpha value is -2.58. The molecule has 2 rings (SSSR count). The molecule has 0 fully saturated rings. The van der Waals surface area contributed by atoms with Gasteiger partial charge < -0.3 is 10.5 Å². The summed E-state index contributed by atoms with van der Waals surface area (Å²) in [5, 5.41) is 3.57. The number of esters is 1. The monoisotopic (exact) mass is 300 g/mol. The van der Waals surface area contributed by atoms with Gasteiger partial charge in [-0.1, -0.05) is 0 Å². The van der Waals surface area contributed by atoms with Crippen LogP contribution in [-0.2, 0) is 10.9 Å². The SMILES string of the molecule is CCOC(=O)c1cc(N)cnc1-n1cc(C(F)(F)F)cn1. The molecule has 2 aromatic heterocycles. The number of nitrogens with zero attached hydrogens (tertiary/aromatic N) is 3. The first kappa shape index (κ1) is 14.8. The number of carbonyl (C=O) groups is 1. The van der Waals surface area contributed by atoms with Crippen LogP contribution in [0.1, 0.15) is 22.8 Å². The maximum atomic E-state index is 12.6. The average Bonchev–Trinajstić information content (AvgIpc) is 2.88. The van der Waals surface area contributed by atoms with E-state index in [1.54, 1.807) is 6.92 Å². The van der Waals surface area contributed by atoms with E-state index < -0.39 is 17.7 Å². The van der Waals surface area contributed by atoms with Gasteiger partial charge in [0.05, 0.1) is 30.3 Å². The lowest BCUT2D eigenvalue weighted by Crippen LogP contribution is -2.12. The van der Waals surface area contributed by atoms with Crippen molar-refractivity contribution in [3.05, 3.63) is 35.8 Å². The number of halogens is 3. The standard InChI is InChI=1S/C12H11F3N4O2/c1-2-21-11(20)9-3-8(16)5-17-10(9)19-6-7(4-18-19)12(13,14)15/h3-6H,2,16H2,1H3. The molecular weight excluding hydrogens is 289 g/mol. The molecule has 0 aromatic carbocycles. The van der Waals surface area contributed by atoms with Crippen LogP contribution in [0.2, 0.25) is 0 Å². The Morgan fingerprint density at radius 2 is 2.14 bits per heavy atom. The van der Waals surface area contributed by atoms with Crippen LogP contribution in [0.25, 0.3) is 5.82 Å². The highest BCUT2D eigenvalue weighted by Gasteiger charge is 2.32. The van der Waals surface area contributed by atoms with Crippen LogP contribution < -0.4 is 5.73 Å². The second-order valence-electron chi connectivity index (χ2n) is 4.03. The number of anilines is 1. The predicted octanol–water partition coefficient (Wildman–Crippen LogP) is 2.04. The zero-order valence-electron chi connectivity index (χ0n) is 10.9. The van der Waals surface area contributed by atoms with E-state index in [0.29, 0.717) is 6.20 Å². The number of rotatable bonds is 3. The van der Waals surface area contributed by atoms with E-state index in [4.69, 9.17) is 10.5 Å². The van der Waals surface area contributed by atoms with Gasteiger partial charge in [-0.3, -0.25) is 0 Å². The second kappa shape index (κ2) is 5.43. The fourth-order valence-electron chi connectivity index (χ4n) is 1.60. The van der Waals surface area contributed by atoms with Crippen LogP contribution >= 0.6 is 0 Å². The van der Waals surface area contributed by atoms with Gasteiger partial charge in [0.25, 0.3) is 0 Å². The Labute approximate surface area is 117 Å². The minimum absolute atomic E-state index is 0.0614.